The number of nitrogens with zero attached hydrogens (tertiary/aromatic N) is 1. The molecule has 0 bridgehead atoms. The number of nitrogens with one attached hydrogen (secondary N) is 1. The third-order valence-corrected chi connectivity index (χ3v) is 5.71. The van der Waals surface area contributed by atoms with Crippen molar-refractivity contribution in [1.29, 1.82) is 0 Å². The lowest BCUT2D eigenvalue weighted by molar-refractivity contribution is -0.177. The summed E-state index contributed by atoms with van der Waals surface area (Å²) < 4.78 is 11.4. The minimum absolute atomic E-state index is 0. The van der Waals surface area contributed by atoms with Gasteiger partial charge in [-0.05, 0) is 26.2 Å². The van der Waals surface area contributed by atoms with Gasteiger partial charge in [-0.15, -0.1) is 12.4 Å². The van der Waals surface area contributed by atoms with Gasteiger partial charge in [-0.1, -0.05) is 13.8 Å². The number of ether oxygens (including phenoxy) is 2. The second-order valence-corrected chi connectivity index (χ2v) is 6.57. The molecule has 1 saturated heterocycles. The Kier molecular flexibility index (Phi) is 8.28. The molecule has 1 N–H and O–H groups in total. The molecule has 3 atom stereocenters. The first-order valence-corrected chi connectivity index (χ1v) is 8.77. The number of halogens is 1. The lowest BCUT2D eigenvalue weighted by atomic mass is 9.58. The van der Waals surface area contributed by atoms with Crippen LogP contribution in [0.3, 0.4) is 0 Å². The third kappa shape index (κ3) is 4.19. The molecule has 2 rings (SSSR count). The topological polar surface area (TPSA) is 50.8 Å². The van der Waals surface area contributed by atoms with Gasteiger partial charge in [0.2, 0.25) is 5.91 Å². The summed E-state index contributed by atoms with van der Waals surface area (Å²) in [7, 11) is 1.96. The smallest absolute Gasteiger partial charge is 0.224 e. The van der Waals surface area contributed by atoms with E-state index in [1.807, 2.05) is 18.9 Å². The number of hydrogen-bond acceptors (Lipinski definition) is 4. The largest absolute Gasteiger partial charge is 0.378 e. The van der Waals surface area contributed by atoms with Crippen molar-refractivity contribution in [1.82, 2.24) is 10.2 Å². The van der Waals surface area contributed by atoms with Crippen LogP contribution < -0.4 is 5.32 Å². The van der Waals surface area contributed by atoms with Crippen LogP contribution in [0, 0.1) is 5.41 Å². The molecule has 5 nitrogen and oxygen atoms in total. The Morgan fingerprint density at radius 2 is 2.04 bits per heavy atom. The number of carbonyl (C=O) groups is 1. The van der Waals surface area contributed by atoms with Crippen molar-refractivity contribution in [2.75, 3.05) is 33.4 Å². The van der Waals surface area contributed by atoms with E-state index in [2.05, 4.69) is 19.2 Å². The number of rotatable bonds is 7. The summed E-state index contributed by atoms with van der Waals surface area (Å²) in [5, 5.41) is 3.36. The summed E-state index contributed by atoms with van der Waals surface area (Å²) in [5.74, 6) is 0.217. The van der Waals surface area contributed by atoms with Gasteiger partial charge in [0.1, 0.15) is 0 Å². The van der Waals surface area contributed by atoms with E-state index in [1.54, 1.807) is 0 Å². The molecule has 6 heteroatoms. The van der Waals surface area contributed by atoms with Crippen LogP contribution in [0.2, 0.25) is 0 Å². The molecule has 1 aliphatic heterocycles. The van der Waals surface area contributed by atoms with Gasteiger partial charge in [-0.3, -0.25) is 4.79 Å². The van der Waals surface area contributed by atoms with Crippen molar-refractivity contribution >= 4 is 18.3 Å². The first kappa shape index (κ1) is 20.7. The fraction of sp³-hybridized carbons (Fsp3) is 0.941. The maximum atomic E-state index is 12.6. The summed E-state index contributed by atoms with van der Waals surface area (Å²) in [6.07, 6.45) is 3.90. The van der Waals surface area contributed by atoms with E-state index in [9.17, 15) is 4.79 Å². The fourth-order valence-corrected chi connectivity index (χ4v) is 4.16. The Hall–Kier alpha value is -0.360. The maximum Gasteiger partial charge on any atom is 0.224 e. The Morgan fingerprint density at radius 3 is 2.57 bits per heavy atom. The van der Waals surface area contributed by atoms with E-state index in [4.69, 9.17) is 9.47 Å². The van der Waals surface area contributed by atoms with E-state index in [0.717, 1.165) is 39.0 Å². The van der Waals surface area contributed by atoms with Crippen LogP contribution in [0.5, 0.6) is 0 Å². The minimum atomic E-state index is 0. The standard InChI is InChI=1S/C17H32N2O3.ClH/c1-5-17(6-2)14(11-15(17)22-7-3)19(4)16(20)10-13-12-21-9-8-18-13;/h13-15,18H,5-12H2,1-4H3;1H. The van der Waals surface area contributed by atoms with Crippen molar-refractivity contribution in [3.05, 3.63) is 0 Å². The predicted molar refractivity (Wildman–Crippen MR) is 94.1 cm³/mol. The summed E-state index contributed by atoms with van der Waals surface area (Å²) in [6.45, 7) is 9.46. The lowest BCUT2D eigenvalue weighted by Crippen LogP contribution is -2.65. The zero-order chi connectivity index (χ0) is 16.2. The van der Waals surface area contributed by atoms with Crippen molar-refractivity contribution in [3.8, 4) is 0 Å². The lowest BCUT2D eigenvalue weighted by Gasteiger charge is -2.58. The number of amides is 1. The van der Waals surface area contributed by atoms with Crippen LogP contribution in [-0.4, -0.2) is 62.4 Å². The van der Waals surface area contributed by atoms with Gasteiger partial charge in [0.15, 0.2) is 0 Å². The fourth-order valence-electron chi connectivity index (χ4n) is 4.16. The van der Waals surface area contributed by atoms with Gasteiger partial charge >= 0.3 is 0 Å². The molecule has 0 aromatic carbocycles. The summed E-state index contributed by atoms with van der Waals surface area (Å²) in [4.78, 5) is 14.6. The molecule has 1 aliphatic carbocycles. The normalized spacial score (nSPS) is 29.3. The van der Waals surface area contributed by atoms with E-state index in [1.165, 1.54) is 0 Å². The monoisotopic (exact) mass is 348 g/mol. The van der Waals surface area contributed by atoms with E-state index < -0.39 is 0 Å². The summed E-state index contributed by atoms with van der Waals surface area (Å²) in [5.41, 5.74) is 0.122. The van der Waals surface area contributed by atoms with Crippen LogP contribution in [0.1, 0.15) is 46.5 Å². The van der Waals surface area contributed by atoms with Crippen molar-refractivity contribution in [2.24, 2.45) is 5.41 Å². The number of morpholine rings is 1. The Morgan fingerprint density at radius 1 is 1.35 bits per heavy atom. The quantitative estimate of drug-likeness (QED) is 0.766. The highest BCUT2D eigenvalue weighted by Gasteiger charge is 2.55. The molecule has 3 unspecified atom stereocenters. The first-order valence-electron chi connectivity index (χ1n) is 8.77. The highest BCUT2D eigenvalue weighted by molar-refractivity contribution is 5.85. The highest BCUT2D eigenvalue weighted by atomic mass is 35.5. The minimum Gasteiger partial charge on any atom is -0.378 e. The molecule has 0 spiro atoms. The highest BCUT2D eigenvalue weighted by Crippen LogP contribution is 2.51. The molecule has 136 valence electrons. The van der Waals surface area contributed by atoms with Crippen molar-refractivity contribution in [2.45, 2.75) is 64.6 Å². The van der Waals surface area contributed by atoms with Gasteiger partial charge in [-0.2, -0.15) is 0 Å². The molecule has 1 amide bonds. The van der Waals surface area contributed by atoms with Gasteiger partial charge in [0.05, 0.1) is 19.3 Å². The van der Waals surface area contributed by atoms with Gasteiger partial charge in [0, 0.05) is 44.1 Å². The van der Waals surface area contributed by atoms with Crippen LogP contribution >= 0.6 is 12.4 Å². The summed E-state index contributed by atoms with van der Waals surface area (Å²) in [6, 6.07) is 0.458. The van der Waals surface area contributed by atoms with Crippen molar-refractivity contribution < 1.29 is 14.3 Å². The van der Waals surface area contributed by atoms with Crippen LogP contribution in [-0.2, 0) is 14.3 Å². The number of carbonyl (C=O) groups excluding carboxylic acids is 1. The molecule has 1 saturated carbocycles. The first-order chi connectivity index (χ1) is 10.6. The van der Waals surface area contributed by atoms with Crippen LogP contribution in [0.25, 0.3) is 0 Å². The molecule has 0 aromatic rings. The Bertz CT molecular complexity index is 371. The molecule has 0 aromatic heterocycles. The Balaban J connectivity index is 0.00000264. The molecule has 2 fully saturated rings. The summed E-state index contributed by atoms with van der Waals surface area (Å²) >= 11 is 0. The second kappa shape index (κ2) is 9.21. The van der Waals surface area contributed by atoms with Gasteiger partial charge in [-0.25, -0.2) is 0 Å². The Labute approximate surface area is 146 Å². The molecule has 23 heavy (non-hydrogen) atoms. The molecule has 1 heterocycles. The van der Waals surface area contributed by atoms with Gasteiger partial charge < -0.3 is 19.7 Å². The average Bonchev–Trinajstić information content (AvgIpc) is 2.53. The zero-order valence-electron chi connectivity index (χ0n) is 15.0. The van der Waals surface area contributed by atoms with Gasteiger partial charge in [0.25, 0.3) is 0 Å². The van der Waals surface area contributed by atoms with Crippen molar-refractivity contribution in [3.63, 3.8) is 0 Å². The van der Waals surface area contributed by atoms with Crippen LogP contribution in [0.4, 0.5) is 0 Å². The SMILES string of the molecule is CCOC1CC(N(C)C(=O)CC2COCCN2)C1(CC)CC.Cl. The average molecular weight is 349 g/mol. The number of hydrogen-bond donors (Lipinski definition) is 1. The maximum absolute atomic E-state index is 12.6. The second-order valence-electron chi connectivity index (χ2n) is 6.57. The van der Waals surface area contributed by atoms with E-state index in [-0.39, 0.29) is 29.8 Å². The molecular weight excluding hydrogens is 316 g/mol. The van der Waals surface area contributed by atoms with E-state index in [0.29, 0.717) is 25.2 Å². The third-order valence-electron chi connectivity index (χ3n) is 5.71. The van der Waals surface area contributed by atoms with Crippen LogP contribution in [0.15, 0.2) is 0 Å². The zero-order valence-corrected chi connectivity index (χ0v) is 15.8. The predicted octanol–water partition coefficient (Wildman–Crippen LogP) is 2.23. The van der Waals surface area contributed by atoms with E-state index >= 15 is 0 Å². The molecule has 2 aliphatic rings. The molecule has 0 radical (unpaired) electrons. The molecular formula is C17H33ClN2O3.